The number of halogens is 3. The molecule has 0 radical (unpaired) electrons. The van der Waals surface area contributed by atoms with E-state index >= 15 is 0 Å². The number of benzene rings is 1. The quantitative estimate of drug-likeness (QED) is 0.592. The third-order valence-corrected chi connectivity index (χ3v) is 4.97. The van der Waals surface area contributed by atoms with E-state index in [9.17, 15) is 9.59 Å². The normalized spacial score (nSPS) is 13.6. The molecule has 1 aromatic heterocycles. The number of anilines is 2. The topological polar surface area (TPSA) is 83.1 Å². The van der Waals surface area contributed by atoms with E-state index in [1.807, 2.05) is 0 Å². The van der Waals surface area contributed by atoms with E-state index in [4.69, 9.17) is 11.6 Å². The maximum atomic E-state index is 12.3. The number of hydrogen-bond acceptors (Lipinski definition) is 4. The van der Waals surface area contributed by atoms with E-state index in [-0.39, 0.29) is 41.7 Å². The molecule has 1 aromatic carbocycles. The fourth-order valence-corrected chi connectivity index (χ4v) is 3.41. The van der Waals surface area contributed by atoms with Crippen molar-refractivity contribution in [3.05, 3.63) is 53.3 Å². The summed E-state index contributed by atoms with van der Waals surface area (Å²) in [5.41, 5.74) is 1.52. The van der Waals surface area contributed by atoms with Crippen LogP contribution in [-0.4, -0.2) is 29.9 Å². The summed E-state index contributed by atoms with van der Waals surface area (Å²) in [4.78, 5) is 28.5. The predicted molar refractivity (Wildman–Crippen MR) is 122 cm³/mol. The molecule has 6 nitrogen and oxygen atoms in total. The predicted octanol–water partition coefficient (Wildman–Crippen LogP) is 4.55. The van der Waals surface area contributed by atoms with Crippen molar-refractivity contribution in [1.29, 1.82) is 0 Å². The van der Waals surface area contributed by atoms with Crippen molar-refractivity contribution in [2.24, 2.45) is 5.92 Å². The number of aromatic nitrogens is 1. The molecule has 1 fully saturated rings. The van der Waals surface area contributed by atoms with Crippen molar-refractivity contribution in [1.82, 2.24) is 10.3 Å². The molecule has 2 aromatic rings. The number of pyridine rings is 1. The van der Waals surface area contributed by atoms with Crippen LogP contribution in [0.15, 0.2) is 42.7 Å². The number of piperidine rings is 1. The molecule has 2 heterocycles. The zero-order chi connectivity index (χ0) is 19.1. The van der Waals surface area contributed by atoms with Crippen LogP contribution in [0.2, 0.25) is 5.02 Å². The standard InChI is InChI=1S/C20H23ClN4O2.2ClH/c21-18-12-15(24-19(26)6-3-14-7-10-22-11-8-14)4-5-17(18)20(27)25-16-2-1-9-23-13-16;;/h1-2,4-5,9,12-14,22H,3,6-8,10-11H2,(H,24,26)(H,25,27);2*1H. The van der Waals surface area contributed by atoms with E-state index in [2.05, 4.69) is 20.9 Å². The Balaban J connectivity index is 0.00000210. The third kappa shape index (κ3) is 7.82. The Kier molecular flexibility index (Phi) is 11.0. The number of carbonyl (C=O) groups is 2. The van der Waals surface area contributed by atoms with E-state index in [1.165, 1.54) is 0 Å². The first-order chi connectivity index (χ1) is 13.1. The first-order valence-electron chi connectivity index (χ1n) is 9.13. The number of nitrogens with zero attached hydrogens (tertiary/aromatic N) is 1. The molecule has 158 valence electrons. The molecule has 1 aliphatic rings. The molecule has 2 amide bonds. The highest BCUT2D eigenvalue weighted by molar-refractivity contribution is 6.34. The van der Waals surface area contributed by atoms with E-state index in [0.29, 0.717) is 29.3 Å². The average Bonchev–Trinajstić information content (AvgIpc) is 2.68. The second-order valence-electron chi connectivity index (χ2n) is 6.67. The summed E-state index contributed by atoms with van der Waals surface area (Å²) in [6.45, 7) is 2.06. The van der Waals surface area contributed by atoms with Gasteiger partial charge < -0.3 is 16.0 Å². The van der Waals surface area contributed by atoms with Gasteiger partial charge in [0.1, 0.15) is 0 Å². The zero-order valence-electron chi connectivity index (χ0n) is 15.8. The molecule has 0 aliphatic carbocycles. The van der Waals surface area contributed by atoms with E-state index < -0.39 is 0 Å². The molecule has 0 spiro atoms. The highest BCUT2D eigenvalue weighted by Gasteiger charge is 2.15. The summed E-state index contributed by atoms with van der Waals surface area (Å²) >= 11 is 6.24. The van der Waals surface area contributed by atoms with Crippen LogP contribution in [0.25, 0.3) is 0 Å². The second kappa shape index (κ2) is 12.6. The van der Waals surface area contributed by atoms with Gasteiger partial charge in [0, 0.05) is 18.3 Å². The molecule has 0 unspecified atom stereocenters. The third-order valence-electron chi connectivity index (χ3n) is 4.66. The lowest BCUT2D eigenvalue weighted by Gasteiger charge is -2.22. The van der Waals surface area contributed by atoms with Gasteiger partial charge in [0.2, 0.25) is 5.91 Å². The Hall–Kier alpha value is -1.86. The lowest BCUT2D eigenvalue weighted by atomic mass is 9.93. The molecule has 0 bridgehead atoms. The van der Waals surface area contributed by atoms with Crippen LogP contribution in [0.1, 0.15) is 36.0 Å². The van der Waals surface area contributed by atoms with Gasteiger partial charge in [0.15, 0.2) is 0 Å². The van der Waals surface area contributed by atoms with Crippen molar-refractivity contribution < 1.29 is 9.59 Å². The molecular weight excluding hydrogens is 435 g/mol. The fraction of sp³-hybridized carbons (Fsp3) is 0.350. The SMILES string of the molecule is Cl.Cl.O=C(CCC1CCNCC1)Nc1ccc(C(=O)Nc2cccnc2)c(Cl)c1. The van der Waals surface area contributed by atoms with Gasteiger partial charge in [-0.3, -0.25) is 14.6 Å². The van der Waals surface area contributed by atoms with E-state index in [1.54, 1.807) is 42.7 Å². The Morgan fingerprint density at radius 2 is 1.86 bits per heavy atom. The van der Waals surface area contributed by atoms with Gasteiger partial charge in [-0.1, -0.05) is 11.6 Å². The second-order valence-corrected chi connectivity index (χ2v) is 7.08. The number of hydrogen-bond donors (Lipinski definition) is 3. The minimum absolute atomic E-state index is 0. The molecule has 0 atom stereocenters. The Labute approximate surface area is 188 Å². The van der Waals surface area contributed by atoms with E-state index in [0.717, 1.165) is 32.4 Å². The van der Waals surface area contributed by atoms with Crippen LogP contribution in [0.4, 0.5) is 11.4 Å². The minimum Gasteiger partial charge on any atom is -0.326 e. The largest absolute Gasteiger partial charge is 0.326 e. The molecule has 3 rings (SSSR count). The van der Waals surface area contributed by atoms with Crippen LogP contribution in [0.3, 0.4) is 0 Å². The number of nitrogens with one attached hydrogen (secondary N) is 3. The number of rotatable bonds is 6. The van der Waals surface area contributed by atoms with Crippen LogP contribution in [-0.2, 0) is 4.79 Å². The van der Waals surface area contributed by atoms with Crippen LogP contribution >= 0.6 is 36.4 Å². The smallest absolute Gasteiger partial charge is 0.257 e. The van der Waals surface area contributed by atoms with Gasteiger partial charge >= 0.3 is 0 Å². The maximum absolute atomic E-state index is 12.3. The summed E-state index contributed by atoms with van der Waals surface area (Å²) in [6.07, 6.45) is 6.83. The highest BCUT2D eigenvalue weighted by atomic mass is 35.5. The summed E-state index contributed by atoms with van der Waals surface area (Å²) in [5.74, 6) is 0.257. The lowest BCUT2D eigenvalue weighted by molar-refractivity contribution is -0.116. The first-order valence-corrected chi connectivity index (χ1v) is 9.51. The van der Waals surface area contributed by atoms with Gasteiger partial charge in [-0.25, -0.2) is 0 Å². The molecule has 3 N–H and O–H groups in total. The molecule has 9 heteroatoms. The Morgan fingerprint density at radius 3 is 2.52 bits per heavy atom. The van der Waals surface area contributed by atoms with Crippen molar-refractivity contribution in [3.8, 4) is 0 Å². The molecule has 29 heavy (non-hydrogen) atoms. The van der Waals surface area contributed by atoms with Crippen LogP contribution in [0, 0.1) is 5.92 Å². The Morgan fingerprint density at radius 1 is 1.10 bits per heavy atom. The van der Waals surface area contributed by atoms with Crippen LogP contribution in [0.5, 0.6) is 0 Å². The summed E-state index contributed by atoms with van der Waals surface area (Å²) < 4.78 is 0. The number of amides is 2. The summed E-state index contributed by atoms with van der Waals surface area (Å²) in [6, 6.07) is 8.38. The number of carbonyl (C=O) groups excluding carboxylic acids is 2. The van der Waals surface area contributed by atoms with Crippen LogP contribution < -0.4 is 16.0 Å². The van der Waals surface area contributed by atoms with Gasteiger partial charge in [-0.2, -0.15) is 0 Å². The Bertz CT molecular complexity index is 800. The molecular formula is C20H25Cl3N4O2. The van der Waals surface area contributed by atoms with Gasteiger partial charge in [-0.15, -0.1) is 24.8 Å². The average molecular weight is 460 g/mol. The van der Waals surface area contributed by atoms with Gasteiger partial charge in [0.25, 0.3) is 5.91 Å². The molecule has 1 saturated heterocycles. The van der Waals surface area contributed by atoms with Crippen molar-refractivity contribution in [3.63, 3.8) is 0 Å². The van der Waals surface area contributed by atoms with Gasteiger partial charge in [-0.05, 0) is 68.6 Å². The monoisotopic (exact) mass is 458 g/mol. The van der Waals surface area contributed by atoms with Crippen molar-refractivity contribution in [2.45, 2.75) is 25.7 Å². The van der Waals surface area contributed by atoms with Crippen molar-refractivity contribution in [2.75, 3.05) is 23.7 Å². The van der Waals surface area contributed by atoms with Crippen molar-refractivity contribution >= 4 is 59.6 Å². The van der Waals surface area contributed by atoms with Gasteiger partial charge in [0.05, 0.1) is 22.5 Å². The lowest BCUT2D eigenvalue weighted by Crippen LogP contribution is -2.28. The highest BCUT2D eigenvalue weighted by Crippen LogP contribution is 2.23. The molecule has 0 saturated carbocycles. The summed E-state index contributed by atoms with van der Waals surface area (Å²) in [7, 11) is 0. The zero-order valence-corrected chi connectivity index (χ0v) is 18.2. The fourth-order valence-electron chi connectivity index (χ4n) is 3.14. The maximum Gasteiger partial charge on any atom is 0.257 e. The summed E-state index contributed by atoms with van der Waals surface area (Å²) in [5, 5.41) is 9.21. The molecule has 1 aliphatic heterocycles. The minimum atomic E-state index is -0.322. The first kappa shape index (κ1) is 25.2.